The van der Waals surface area contributed by atoms with Crippen molar-refractivity contribution in [3.8, 4) is 5.75 Å². The largest absolute Gasteiger partial charge is 0.467 e. The predicted molar refractivity (Wildman–Crippen MR) is 82.2 cm³/mol. The van der Waals surface area contributed by atoms with Crippen LogP contribution in [0.3, 0.4) is 0 Å². The molecule has 1 atom stereocenters. The Hall–Kier alpha value is -0.580. The monoisotopic (exact) mass is 321 g/mol. The molecule has 0 spiro atoms. The average Bonchev–Trinajstić information content (AvgIpc) is 2.33. The second-order valence-electron chi connectivity index (χ2n) is 4.31. The standard InChI is InChI=1S/C13H17Cl2NO2S/c1-8(2)13(19-4,12(17)16-3)18-11-6-9(14)5-10(15)7-11/h5-8H,1-4H3,(H,16,17). The molecular formula is C13H17Cl2NO2S. The third-order valence-electron chi connectivity index (χ3n) is 2.71. The van der Waals surface area contributed by atoms with Gasteiger partial charge in [-0.1, -0.05) is 37.0 Å². The van der Waals surface area contributed by atoms with Crippen molar-refractivity contribution < 1.29 is 9.53 Å². The molecule has 0 aliphatic heterocycles. The normalized spacial score (nSPS) is 14.1. The minimum Gasteiger partial charge on any atom is -0.467 e. The van der Waals surface area contributed by atoms with Crippen molar-refractivity contribution in [1.82, 2.24) is 5.32 Å². The molecule has 106 valence electrons. The van der Waals surface area contributed by atoms with E-state index in [4.69, 9.17) is 27.9 Å². The number of benzene rings is 1. The topological polar surface area (TPSA) is 38.3 Å². The molecule has 0 radical (unpaired) electrons. The van der Waals surface area contributed by atoms with Crippen LogP contribution in [0, 0.1) is 5.92 Å². The number of hydrogen-bond donors (Lipinski definition) is 1. The van der Waals surface area contributed by atoms with Gasteiger partial charge in [0.25, 0.3) is 5.91 Å². The molecule has 3 nitrogen and oxygen atoms in total. The lowest BCUT2D eigenvalue weighted by Crippen LogP contribution is -2.51. The lowest BCUT2D eigenvalue weighted by atomic mass is 10.1. The molecule has 0 bridgehead atoms. The summed E-state index contributed by atoms with van der Waals surface area (Å²) in [6.45, 7) is 3.86. The van der Waals surface area contributed by atoms with Gasteiger partial charge in [-0.2, -0.15) is 0 Å². The first kappa shape index (κ1) is 16.5. The Morgan fingerprint density at radius 1 is 1.32 bits per heavy atom. The lowest BCUT2D eigenvalue weighted by Gasteiger charge is -2.34. The second kappa shape index (κ2) is 6.73. The summed E-state index contributed by atoms with van der Waals surface area (Å²) in [5.74, 6) is 0.260. The van der Waals surface area contributed by atoms with Crippen LogP contribution in [-0.2, 0) is 4.79 Å². The molecule has 1 N–H and O–H groups in total. The van der Waals surface area contributed by atoms with E-state index in [1.807, 2.05) is 20.1 Å². The molecule has 6 heteroatoms. The van der Waals surface area contributed by atoms with E-state index in [1.54, 1.807) is 25.2 Å². The molecule has 0 aromatic heterocycles. The molecule has 0 fully saturated rings. The molecule has 0 saturated carbocycles. The van der Waals surface area contributed by atoms with Crippen molar-refractivity contribution in [2.75, 3.05) is 13.3 Å². The summed E-state index contributed by atoms with van der Waals surface area (Å²) < 4.78 is 5.91. The van der Waals surface area contributed by atoms with Crippen LogP contribution in [0.4, 0.5) is 0 Å². The Morgan fingerprint density at radius 3 is 2.21 bits per heavy atom. The number of nitrogens with one attached hydrogen (secondary N) is 1. The van der Waals surface area contributed by atoms with Gasteiger partial charge in [0.2, 0.25) is 4.93 Å². The highest BCUT2D eigenvalue weighted by Crippen LogP contribution is 2.36. The van der Waals surface area contributed by atoms with Crippen LogP contribution in [0.1, 0.15) is 13.8 Å². The fraction of sp³-hybridized carbons (Fsp3) is 0.462. The number of halogens is 2. The van der Waals surface area contributed by atoms with E-state index in [2.05, 4.69) is 5.32 Å². The number of rotatable bonds is 5. The third-order valence-corrected chi connectivity index (χ3v) is 4.50. The molecule has 1 rings (SSSR count). The average molecular weight is 322 g/mol. The van der Waals surface area contributed by atoms with Crippen LogP contribution in [-0.4, -0.2) is 24.1 Å². The molecule has 1 aromatic carbocycles. The minimum absolute atomic E-state index is 0.0276. The van der Waals surface area contributed by atoms with Crippen LogP contribution in [0.25, 0.3) is 0 Å². The second-order valence-corrected chi connectivity index (χ2v) is 6.20. The minimum atomic E-state index is -1.01. The van der Waals surface area contributed by atoms with Crippen molar-refractivity contribution >= 4 is 40.9 Å². The van der Waals surface area contributed by atoms with E-state index < -0.39 is 4.93 Å². The Bertz CT molecular complexity index is 448. The third kappa shape index (κ3) is 3.71. The molecule has 19 heavy (non-hydrogen) atoms. The van der Waals surface area contributed by atoms with Crippen LogP contribution in [0.5, 0.6) is 5.75 Å². The first-order valence-corrected chi connectivity index (χ1v) is 7.76. The van der Waals surface area contributed by atoms with Gasteiger partial charge in [-0.05, 0) is 24.5 Å². The van der Waals surface area contributed by atoms with Gasteiger partial charge in [-0.3, -0.25) is 4.79 Å². The van der Waals surface area contributed by atoms with Crippen LogP contribution < -0.4 is 10.1 Å². The maximum Gasteiger partial charge on any atom is 0.274 e. The quantitative estimate of drug-likeness (QED) is 0.837. The van der Waals surface area contributed by atoms with Gasteiger partial charge in [0.15, 0.2) is 0 Å². The van der Waals surface area contributed by atoms with Crippen molar-refractivity contribution in [2.24, 2.45) is 5.92 Å². The van der Waals surface area contributed by atoms with Crippen molar-refractivity contribution in [1.29, 1.82) is 0 Å². The van der Waals surface area contributed by atoms with E-state index in [0.29, 0.717) is 15.8 Å². The number of ether oxygens (including phenoxy) is 1. The zero-order valence-electron chi connectivity index (χ0n) is 11.3. The van der Waals surface area contributed by atoms with Gasteiger partial charge in [0, 0.05) is 23.0 Å². The number of hydrogen-bond acceptors (Lipinski definition) is 3. The SMILES string of the molecule is CNC(=O)C(Oc1cc(Cl)cc(Cl)c1)(SC)C(C)C. The molecule has 1 amide bonds. The highest BCUT2D eigenvalue weighted by atomic mass is 35.5. The summed E-state index contributed by atoms with van der Waals surface area (Å²) in [4.78, 5) is 11.1. The summed E-state index contributed by atoms with van der Waals surface area (Å²) in [5, 5.41) is 3.58. The molecule has 0 aliphatic carbocycles. The van der Waals surface area contributed by atoms with Crippen LogP contribution in [0.15, 0.2) is 18.2 Å². The highest BCUT2D eigenvalue weighted by molar-refractivity contribution is 8.00. The van der Waals surface area contributed by atoms with Crippen molar-refractivity contribution in [3.05, 3.63) is 28.2 Å². The van der Waals surface area contributed by atoms with Gasteiger partial charge in [-0.15, -0.1) is 11.8 Å². The molecule has 0 heterocycles. The van der Waals surface area contributed by atoms with Crippen molar-refractivity contribution in [2.45, 2.75) is 18.8 Å². The van der Waals surface area contributed by atoms with Crippen LogP contribution in [0.2, 0.25) is 10.0 Å². The first-order valence-electron chi connectivity index (χ1n) is 5.78. The maximum atomic E-state index is 12.2. The summed E-state index contributed by atoms with van der Waals surface area (Å²) >= 11 is 13.2. The molecule has 0 saturated heterocycles. The van der Waals surface area contributed by atoms with Gasteiger partial charge in [0.05, 0.1) is 0 Å². The van der Waals surface area contributed by atoms with Gasteiger partial charge >= 0.3 is 0 Å². The van der Waals surface area contributed by atoms with Gasteiger partial charge < -0.3 is 10.1 Å². The highest BCUT2D eigenvalue weighted by Gasteiger charge is 2.43. The summed E-state index contributed by atoms with van der Waals surface area (Å²) in [6, 6.07) is 4.90. The Balaban J connectivity index is 3.17. The van der Waals surface area contributed by atoms with E-state index in [0.717, 1.165) is 0 Å². The molecular weight excluding hydrogens is 305 g/mol. The van der Waals surface area contributed by atoms with Gasteiger partial charge in [0.1, 0.15) is 5.75 Å². The maximum absolute atomic E-state index is 12.2. The van der Waals surface area contributed by atoms with E-state index in [-0.39, 0.29) is 11.8 Å². The lowest BCUT2D eigenvalue weighted by molar-refractivity contribution is -0.131. The fourth-order valence-corrected chi connectivity index (χ4v) is 3.18. The van der Waals surface area contributed by atoms with E-state index in [1.165, 1.54) is 11.8 Å². The number of thioether (sulfide) groups is 1. The first-order chi connectivity index (χ1) is 8.85. The predicted octanol–water partition coefficient (Wildman–Crippen LogP) is 3.83. The number of carbonyl (C=O) groups excluding carboxylic acids is 1. The van der Waals surface area contributed by atoms with E-state index >= 15 is 0 Å². The summed E-state index contributed by atoms with van der Waals surface area (Å²) in [7, 11) is 1.59. The van der Waals surface area contributed by atoms with E-state index in [9.17, 15) is 4.79 Å². The molecule has 0 aliphatic rings. The Kier molecular flexibility index (Phi) is 5.83. The zero-order valence-corrected chi connectivity index (χ0v) is 13.6. The van der Waals surface area contributed by atoms with Crippen molar-refractivity contribution in [3.63, 3.8) is 0 Å². The summed E-state index contributed by atoms with van der Waals surface area (Å²) in [5.41, 5.74) is 0. The number of amides is 1. The zero-order chi connectivity index (χ0) is 14.6. The Labute approximate surface area is 128 Å². The number of carbonyl (C=O) groups is 1. The fourth-order valence-electron chi connectivity index (χ4n) is 1.73. The Morgan fingerprint density at radius 2 is 1.84 bits per heavy atom. The van der Waals surface area contributed by atoms with Gasteiger partial charge in [-0.25, -0.2) is 0 Å². The molecule has 1 aromatic rings. The smallest absolute Gasteiger partial charge is 0.274 e. The van der Waals surface area contributed by atoms with Crippen LogP contribution >= 0.6 is 35.0 Å². The summed E-state index contributed by atoms with van der Waals surface area (Å²) in [6.07, 6.45) is 1.83. The number of likely N-dealkylation sites (N-methyl/N-ethyl adjacent to an activating group) is 1. The molecule has 1 unspecified atom stereocenters.